The lowest BCUT2D eigenvalue weighted by Crippen LogP contribution is -2.18. The van der Waals surface area contributed by atoms with E-state index < -0.39 is 0 Å². The van der Waals surface area contributed by atoms with E-state index >= 15 is 0 Å². The van der Waals surface area contributed by atoms with Crippen LogP contribution in [-0.2, 0) is 11.8 Å². The molecule has 2 aromatic carbocycles. The summed E-state index contributed by atoms with van der Waals surface area (Å²) in [5.74, 6) is 1.03. The molecule has 1 aliphatic rings. The molecule has 0 saturated carbocycles. The molecule has 3 rings (SSSR count). The lowest BCUT2D eigenvalue weighted by molar-refractivity contribution is 0.291. The topological polar surface area (TPSA) is 35.2 Å². The van der Waals surface area contributed by atoms with Crippen molar-refractivity contribution >= 4 is 0 Å². The Balaban J connectivity index is 1.91. The molecule has 0 spiro atoms. The van der Waals surface area contributed by atoms with Gasteiger partial charge in [0.2, 0.25) is 0 Å². The molecule has 0 radical (unpaired) electrons. The number of benzene rings is 2. The van der Waals surface area contributed by atoms with Crippen molar-refractivity contribution in [1.29, 1.82) is 0 Å². The van der Waals surface area contributed by atoms with Gasteiger partial charge in [-0.25, -0.2) is 0 Å². The normalized spacial score (nSPS) is 17.1. The van der Waals surface area contributed by atoms with Crippen molar-refractivity contribution in [1.82, 2.24) is 0 Å². The Bertz CT molecular complexity index is 641. The van der Waals surface area contributed by atoms with Crippen molar-refractivity contribution in [2.24, 2.45) is 5.73 Å². The molecular weight excluding hydrogens is 258 g/mol. The Morgan fingerprint density at radius 2 is 1.76 bits per heavy atom. The Hall–Kier alpha value is -1.80. The van der Waals surface area contributed by atoms with Crippen molar-refractivity contribution < 1.29 is 4.74 Å². The standard InChI is InChI=1S/C19H23NO/c1-13(20)10-14-4-6-15(7-5-14)16-8-9-18-17(11-16)19(2,3)12-21-18/h4-9,11,13H,10,12,20H2,1-3H3. The van der Waals surface area contributed by atoms with Crippen LogP contribution >= 0.6 is 0 Å². The summed E-state index contributed by atoms with van der Waals surface area (Å²) in [4.78, 5) is 0. The van der Waals surface area contributed by atoms with Gasteiger partial charge >= 0.3 is 0 Å². The zero-order valence-corrected chi connectivity index (χ0v) is 13.0. The average Bonchev–Trinajstić information content (AvgIpc) is 2.74. The number of rotatable bonds is 3. The summed E-state index contributed by atoms with van der Waals surface area (Å²) < 4.78 is 5.75. The average molecular weight is 281 g/mol. The first-order valence-electron chi connectivity index (χ1n) is 7.58. The quantitative estimate of drug-likeness (QED) is 0.925. The molecule has 2 aromatic rings. The molecule has 0 bridgehead atoms. The van der Waals surface area contributed by atoms with Crippen LogP contribution in [0.1, 0.15) is 31.9 Å². The first-order chi connectivity index (χ1) is 9.95. The zero-order chi connectivity index (χ0) is 15.0. The third-order valence-electron chi connectivity index (χ3n) is 4.14. The zero-order valence-electron chi connectivity index (χ0n) is 13.0. The van der Waals surface area contributed by atoms with Crippen LogP contribution in [0.25, 0.3) is 11.1 Å². The van der Waals surface area contributed by atoms with E-state index in [1.54, 1.807) is 0 Å². The minimum absolute atomic E-state index is 0.0975. The third-order valence-corrected chi connectivity index (χ3v) is 4.14. The van der Waals surface area contributed by atoms with E-state index in [2.05, 4.69) is 56.3 Å². The van der Waals surface area contributed by atoms with Crippen LogP contribution < -0.4 is 10.5 Å². The first kappa shape index (κ1) is 14.2. The van der Waals surface area contributed by atoms with Crippen LogP contribution in [0.2, 0.25) is 0 Å². The van der Waals surface area contributed by atoms with Gasteiger partial charge in [0.25, 0.3) is 0 Å². The van der Waals surface area contributed by atoms with Crippen molar-refractivity contribution in [2.45, 2.75) is 38.6 Å². The summed E-state index contributed by atoms with van der Waals surface area (Å²) in [5.41, 5.74) is 11.0. The fourth-order valence-corrected chi connectivity index (χ4v) is 2.91. The molecule has 0 saturated heterocycles. The molecule has 0 fully saturated rings. The van der Waals surface area contributed by atoms with E-state index in [1.165, 1.54) is 22.3 Å². The van der Waals surface area contributed by atoms with Crippen LogP contribution in [0.5, 0.6) is 5.75 Å². The third kappa shape index (κ3) is 2.81. The van der Waals surface area contributed by atoms with Gasteiger partial charge in [-0.1, -0.05) is 44.2 Å². The molecule has 1 atom stereocenters. The molecule has 1 unspecified atom stereocenters. The predicted octanol–water partition coefficient (Wildman–Crippen LogP) is 3.91. The molecule has 0 amide bonds. The Morgan fingerprint density at radius 1 is 1.10 bits per heavy atom. The maximum Gasteiger partial charge on any atom is 0.123 e. The summed E-state index contributed by atoms with van der Waals surface area (Å²) in [6, 6.07) is 15.4. The highest BCUT2D eigenvalue weighted by Gasteiger charge is 2.31. The highest BCUT2D eigenvalue weighted by Crippen LogP contribution is 2.40. The SMILES string of the molecule is CC(N)Cc1ccc(-c2ccc3c(c2)C(C)(C)CO3)cc1. The van der Waals surface area contributed by atoms with Gasteiger partial charge in [0.05, 0.1) is 6.61 Å². The lowest BCUT2D eigenvalue weighted by atomic mass is 9.85. The second-order valence-electron chi connectivity index (χ2n) is 6.76. The minimum Gasteiger partial charge on any atom is -0.492 e. The van der Waals surface area contributed by atoms with E-state index in [0.717, 1.165) is 18.8 Å². The highest BCUT2D eigenvalue weighted by molar-refractivity contribution is 5.67. The van der Waals surface area contributed by atoms with Gasteiger partial charge < -0.3 is 10.5 Å². The van der Waals surface area contributed by atoms with Crippen LogP contribution in [0.4, 0.5) is 0 Å². The molecule has 1 heterocycles. The monoisotopic (exact) mass is 281 g/mol. The smallest absolute Gasteiger partial charge is 0.123 e. The Kier molecular flexibility index (Phi) is 3.50. The number of nitrogens with two attached hydrogens (primary N) is 1. The fourth-order valence-electron chi connectivity index (χ4n) is 2.91. The minimum atomic E-state index is 0.0975. The summed E-state index contributed by atoms with van der Waals surface area (Å²) in [7, 11) is 0. The summed E-state index contributed by atoms with van der Waals surface area (Å²) >= 11 is 0. The van der Waals surface area contributed by atoms with E-state index in [9.17, 15) is 0 Å². The van der Waals surface area contributed by atoms with E-state index in [4.69, 9.17) is 10.5 Å². The predicted molar refractivity (Wildman–Crippen MR) is 87.8 cm³/mol. The maximum absolute atomic E-state index is 5.85. The first-order valence-corrected chi connectivity index (χ1v) is 7.58. The van der Waals surface area contributed by atoms with Crippen molar-refractivity contribution in [3.05, 3.63) is 53.6 Å². The molecule has 0 aliphatic carbocycles. The van der Waals surface area contributed by atoms with Crippen LogP contribution in [0.3, 0.4) is 0 Å². The van der Waals surface area contributed by atoms with Gasteiger partial charge in [-0.3, -0.25) is 0 Å². The van der Waals surface area contributed by atoms with Gasteiger partial charge in [-0.2, -0.15) is 0 Å². The largest absolute Gasteiger partial charge is 0.492 e. The van der Waals surface area contributed by atoms with Crippen molar-refractivity contribution in [3.8, 4) is 16.9 Å². The molecule has 110 valence electrons. The summed E-state index contributed by atoms with van der Waals surface area (Å²) in [6.45, 7) is 7.26. The summed E-state index contributed by atoms with van der Waals surface area (Å²) in [5, 5.41) is 0. The van der Waals surface area contributed by atoms with Gasteiger partial charge in [0.1, 0.15) is 5.75 Å². The van der Waals surface area contributed by atoms with Gasteiger partial charge in [-0.15, -0.1) is 0 Å². The van der Waals surface area contributed by atoms with E-state index in [1.807, 2.05) is 6.92 Å². The van der Waals surface area contributed by atoms with Crippen molar-refractivity contribution in [3.63, 3.8) is 0 Å². The molecule has 2 heteroatoms. The van der Waals surface area contributed by atoms with Crippen LogP contribution in [-0.4, -0.2) is 12.6 Å². The van der Waals surface area contributed by atoms with E-state index in [-0.39, 0.29) is 11.5 Å². The summed E-state index contributed by atoms with van der Waals surface area (Å²) in [6.07, 6.45) is 0.922. The Labute approximate surface area is 126 Å². The molecule has 21 heavy (non-hydrogen) atoms. The Morgan fingerprint density at radius 3 is 2.43 bits per heavy atom. The molecule has 0 aromatic heterocycles. The highest BCUT2D eigenvalue weighted by atomic mass is 16.5. The number of fused-ring (bicyclic) bond motifs is 1. The van der Waals surface area contributed by atoms with E-state index in [0.29, 0.717) is 0 Å². The molecule has 1 aliphatic heterocycles. The number of hydrogen-bond acceptors (Lipinski definition) is 2. The van der Waals surface area contributed by atoms with Crippen LogP contribution in [0.15, 0.2) is 42.5 Å². The molecule has 2 nitrogen and oxygen atoms in total. The van der Waals surface area contributed by atoms with Gasteiger partial charge in [0, 0.05) is 17.0 Å². The number of ether oxygens (including phenoxy) is 1. The van der Waals surface area contributed by atoms with Gasteiger partial charge in [0.15, 0.2) is 0 Å². The van der Waals surface area contributed by atoms with Crippen molar-refractivity contribution in [2.75, 3.05) is 6.61 Å². The molecule has 2 N–H and O–H groups in total. The molecular formula is C19H23NO. The second-order valence-corrected chi connectivity index (χ2v) is 6.76. The maximum atomic E-state index is 5.85. The van der Waals surface area contributed by atoms with Gasteiger partial charge in [-0.05, 0) is 42.2 Å². The fraction of sp³-hybridized carbons (Fsp3) is 0.368. The number of hydrogen-bond donors (Lipinski definition) is 1. The second kappa shape index (κ2) is 5.19. The van der Waals surface area contributed by atoms with Crippen LogP contribution in [0, 0.1) is 0 Å². The lowest BCUT2D eigenvalue weighted by Gasteiger charge is -2.16.